The molecule has 1 aromatic heterocycles. The fourth-order valence-electron chi connectivity index (χ4n) is 1.96. The maximum atomic E-state index is 13.7. The van der Waals surface area contributed by atoms with Crippen LogP contribution < -0.4 is 0 Å². The van der Waals surface area contributed by atoms with Gasteiger partial charge in [0, 0.05) is 13.1 Å². The molecule has 0 atom stereocenters. The van der Waals surface area contributed by atoms with E-state index in [1.54, 1.807) is 12.1 Å². The van der Waals surface area contributed by atoms with Gasteiger partial charge in [0.1, 0.15) is 5.82 Å². The second-order valence-electron chi connectivity index (χ2n) is 4.84. The van der Waals surface area contributed by atoms with Crippen LogP contribution in [-0.4, -0.2) is 39.8 Å². The van der Waals surface area contributed by atoms with E-state index in [-0.39, 0.29) is 54.3 Å². The van der Waals surface area contributed by atoms with Crippen molar-refractivity contribution in [3.05, 3.63) is 30.1 Å². The first kappa shape index (κ1) is 18.4. The number of hydrogen-bond acceptors (Lipinski definition) is 7. The molecule has 0 N–H and O–H groups in total. The van der Waals surface area contributed by atoms with Crippen molar-refractivity contribution < 1.29 is 13.6 Å². The monoisotopic (exact) mass is 359 g/mol. The number of amides is 1. The summed E-state index contributed by atoms with van der Waals surface area (Å²) in [5, 5.41) is 25.0. The quantitative estimate of drug-likeness (QED) is 0.667. The van der Waals surface area contributed by atoms with E-state index in [0.29, 0.717) is 0 Å². The topological polar surface area (TPSA) is 107 Å². The van der Waals surface area contributed by atoms with E-state index in [1.807, 2.05) is 12.1 Å². The lowest BCUT2D eigenvalue weighted by molar-refractivity contribution is -0.128. The minimum absolute atomic E-state index is 0.0236. The molecule has 1 aromatic carbocycles. The summed E-state index contributed by atoms with van der Waals surface area (Å²) in [7, 11) is 0. The van der Waals surface area contributed by atoms with Crippen molar-refractivity contribution in [2.24, 2.45) is 0 Å². The van der Waals surface area contributed by atoms with Gasteiger partial charge in [-0.3, -0.25) is 4.79 Å². The predicted octanol–water partition coefficient (Wildman–Crippen LogP) is 2.62. The Kier molecular flexibility index (Phi) is 6.93. The van der Waals surface area contributed by atoms with Gasteiger partial charge in [0.2, 0.25) is 5.91 Å². The van der Waals surface area contributed by atoms with Crippen LogP contribution in [-0.2, 0) is 4.79 Å². The Balaban J connectivity index is 1.96. The maximum absolute atomic E-state index is 13.7. The first-order valence-corrected chi connectivity index (χ1v) is 8.37. The number of aromatic nitrogens is 2. The lowest BCUT2D eigenvalue weighted by atomic mass is 10.2. The summed E-state index contributed by atoms with van der Waals surface area (Å²) in [6, 6.07) is 9.96. The largest absolute Gasteiger partial charge is 0.411 e. The second-order valence-corrected chi connectivity index (χ2v) is 5.77. The number of rotatable bonds is 8. The summed E-state index contributed by atoms with van der Waals surface area (Å²) in [4.78, 5) is 13.6. The zero-order valence-corrected chi connectivity index (χ0v) is 14.0. The summed E-state index contributed by atoms with van der Waals surface area (Å²) in [5.41, 5.74) is 0.192. The number of nitriles is 2. The van der Waals surface area contributed by atoms with Gasteiger partial charge >= 0.3 is 0 Å². The van der Waals surface area contributed by atoms with Crippen LogP contribution in [0.2, 0.25) is 0 Å². The number of carbonyl (C=O) groups excluding carboxylic acids is 1. The molecule has 0 aliphatic heterocycles. The molecule has 0 radical (unpaired) electrons. The average Bonchev–Trinajstić information content (AvgIpc) is 3.09. The molecular formula is C16H14FN5O2S. The van der Waals surface area contributed by atoms with E-state index in [2.05, 4.69) is 10.2 Å². The van der Waals surface area contributed by atoms with E-state index in [4.69, 9.17) is 14.9 Å². The fraction of sp³-hybridized carbons (Fsp3) is 0.312. The van der Waals surface area contributed by atoms with Crippen molar-refractivity contribution in [2.75, 3.05) is 18.8 Å². The molecule has 0 aliphatic carbocycles. The van der Waals surface area contributed by atoms with Gasteiger partial charge in [0.05, 0.1) is 36.3 Å². The van der Waals surface area contributed by atoms with Crippen molar-refractivity contribution >= 4 is 17.7 Å². The van der Waals surface area contributed by atoms with Crippen molar-refractivity contribution in [3.63, 3.8) is 0 Å². The number of nitrogens with zero attached hydrogens (tertiary/aromatic N) is 5. The average molecular weight is 359 g/mol. The van der Waals surface area contributed by atoms with Crippen LogP contribution in [0.15, 0.2) is 33.9 Å². The number of halogens is 1. The van der Waals surface area contributed by atoms with Gasteiger partial charge in [-0.25, -0.2) is 4.39 Å². The molecule has 0 saturated heterocycles. The van der Waals surface area contributed by atoms with Gasteiger partial charge in [-0.05, 0) is 12.1 Å². The van der Waals surface area contributed by atoms with Crippen molar-refractivity contribution in [2.45, 2.75) is 18.1 Å². The second kappa shape index (κ2) is 9.40. The van der Waals surface area contributed by atoms with E-state index >= 15 is 0 Å². The highest BCUT2D eigenvalue weighted by Crippen LogP contribution is 2.25. The van der Waals surface area contributed by atoms with Crippen molar-refractivity contribution in [1.82, 2.24) is 15.1 Å². The Morgan fingerprint density at radius 2 is 1.88 bits per heavy atom. The van der Waals surface area contributed by atoms with Gasteiger partial charge in [-0.1, -0.05) is 23.9 Å². The third kappa shape index (κ3) is 5.30. The number of hydrogen-bond donors (Lipinski definition) is 0. The lowest BCUT2D eigenvalue weighted by Gasteiger charge is -2.19. The highest BCUT2D eigenvalue weighted by atomic mass is 32.2. The molecule has 0 unspecified atom stereocenters. The molecule has 0 fully saturated rings. The predicted molar refractivity (Wildman–Crippen MR) is 87.5 cm³/mol. The standard InChI is InChI=1S/C16H14FN5O2S/c17-13-6-2-1-5-12(13)15-20-21-16(24-15)25-11-14(23)22(9-3-7-18)10-4-8-19/h1-2,5-6H,3-4,9-11H2. The number of benzene rings is 1. The smallest absolute Gasteiger partial charge is 0.277 e. The van der Waals surface area contributed by atoms with Crippen LogP contribution in [0.25, 0.3) is 11.5 Å². The minimum atomic E-state index is -0.474. The van der Waals surface area contributed by atoms with E-state index in [0.717, 1.165) is 11.8 Å². The summed E-state index contributed by atoms with van der Waals surface area (Å²) in [5.74, 6) is -0.645. The molecule has 9 heteroatoms. The third-order valence-corrected chi connectivity index (χ3v) is 3.97. The summed E-state index contributed by atoms with van der Waals surface area (Å²) in [6.45, 7) is 0.532. The summed E-state index contributed by atoms with van der Waals surface area (Å²) < 4.78 is 19.1. The molecule has 1 amide bonds. The van der Waals surface area contributed by atoms with Crippen molar-refractivity contribution in [3.8, 4) is 23.6 Å². The molecule has 0 spiro atoms. The van der Waals surface area contributed by atoms with Crippen LogP contribution in [0.1, 0.15) is 12.8 Å². The SMILES string of the molecule is N#CCCN(CCC#N)C(=O)CSc1nnc(-c2ccccc2F)o1. The van der Waals surface area contributed by atoms with Crippen LogP contribution in [0, 0.1) is 28.5 Å². The Morgan fingerprint density at radius 3 is 2.52 bits per heavy atom. The zero-order valence-electron chi connectivity index (χ0n) is 13.2. The first-order chi connectivity index (χ1) is 12.2. The zero-order chi connectivity index (χ0) is 18.1. The van der Waals surface area contributed by atoms with Gasteiger partial charge < -0.3 is 9.32 Å². The van der Waals surface area contributed by atoms with E-state index in [1.165, 1.54) is 17.0 Å². The Morgan fingerprint density at radius 1 is 1.20 bits per heavy atom. The molecular weight excluding hydrogens is 345 g/mol. The fourth-order valence-corrected chi connectivity index (χ4v) is 2.62. The van der Waals surface area contributed by atoms with E-state index in [9.17, 15) is 9.18 Å². The Labute approximate surface area is 148 Å². The molecule has 2 aromatic rings. The number of carbonyl (C=O) groups is 1. The summed E-state index contributed by atoms with van der Waals surface area (Å²) in [6.07, 6.45) is 0.389. The van der Waals surface area contributed by atoms with Gasteiger partial charge in [-0.15, -0.1) is 10.2 Å². The molecule has 1 heterocycles. The number of thioether (sulfide) groups is 1. The molecule has 0 bridgehead atoms. The van der Waals surface area contributed by atoms with Gasteiger partial charge in [-0.2, -0.15) is 10.5 Å². The molecule has 0 aliphatic rings. The van der Waals surface area contributed by atoms with Crippen LogP contribution in [0.5, 0.6) is 0 Å². The Hall–Kier alpha value is -2.91. The van der Waals surface area contributed by atoms with Gasteiger partial charge in [0.25, 0.3) is 11.1 Å². The molecule has 2 rings (SSSR count). The van der Waals surface area contributed by atoms with Crippen LogP contribution >= 0.6 is 11.8 Å². The van der Waals surface area contributed by atoms with Crippen molar-refractivity contribution in [1.29, 1.82) is 10.5 Å². The lowest BCUT2D eigenvalue weighted by Crippen LogP contribution is -2.34. The molecule has 25 heavy (non-hydrogen) atoms. The Bertz CT molecular complexity index is 793. The minimum Gasteiger partial charge on any atom is -0.411 e. The highest BCUT2D eigenvalue weighted by Gasteiger charge is 2.17. The van der Waals surface area contributed by atoms with Crippen LogP contribution in [0.4, 0.5) is 4.39 Å². The highest BCUT2D eigenvalue weighted by molar-refractivity contribution is 7.99. The van der Waals surface area contributed by atoms with E-state index < -0.39 is 5.82 Å². The molecule has 128 valence electrons. The van der Waals surface area contributed by atoms with Gasteiger partial charge in [0.15, 0.2) is 0 Å². The third-order valence-electron chi connectivity index (χ3n) is 3.17. The molecule has 0 saturated carbocycles. The first-order valence-electron chi connectivity index (χ1n) is 7.38. The van der Waals surface area contributed by atoms with Crippen LogP contribution in [0.3, 0.4) is 0 Å². The normalized spacial score (nSPS) is 10.0. The summed E-state index contributed by atoms with van der Waals surface area (Å²) >= 11 is 1.03. The maximum Gasteiger partial charge on any atom is 0.277 e. The molecule has 7 nitrogen and oxygen atoms in total.